The second-order valence-electron chi connectivity index (χ2n) is 5.99. The van der Waals surface area contributed by atoms with Crippen LogP contribution in [0.15, 0.2) is 72.8 Å². The van der Waals surface area contributed by atoms with Gasteiger partial charge in [0, 0.05) is 11.1 Å². The third kappa shape index (κ3) is 4.38. The van der Waals surface area contributed by atoms with Crippen molar-refractivity contribution >= 4 is 17.6 Å². The Morgan fingerprint density at radius 1 is 1.00 bits per heavy atom. The summed E-state index contributed by atoms with van der Waals surface area (Å²) >= 11 is 0. The van der Waals surface area contributed by atoms with Crippen molar-refractivity contribution in [1.29, 1.82) is 0 Å². The summed E-state index contributed by atoms with van der Waals surface area (Å²) in [6, 6.07) is 20.3. The summed E-state index contributed by atoms with van der Waals surface area (Å²) in [5.74, 6) is -0.648. The van der Waals surface area contributed by atoms with E-state index in [-0.39, 0.29) is 18.0 Å². The van der Waals surface area contributed by atoms with E-state index in [0.717, 1.165) is 0 Å². The fourth-order valence-corrected chi connectivity index (χ4v) is 2.77. The molecule has 1 N–H and O–H groups in total. The molecule has 0 amide bonds. The highest BCUT2D eigenvalue weighted by molar-refractivity contribution is 6.20. The summed E-state index contributed by atoms with van der Waals surface area (Å²) in [4.78, 5) is 11.8. The van der Waals surface area contributed by atoms with Gasteiger partial charge in [-0.2, -0.15) is 0 Å². The summed E-state index contributed by atoms with van der Waals surface area (Å²) in [5, 5.41) is 9.66. The van der Waals surface area contributed by atoms with Crippen molar-refractivity contribution in [3.63, 3.8) is 0 Å². The molecule has 0 radical (unpaired) electrons. The van der Waals surface area contributed by atoms with E-state index in [9.17, 15) is 14.3 Å². The maximum atomic E-state index is 13.9. The number of methoxy groups -OCH3 is 1. The Morgan fingerprint density at radius 3 is 2.39 bits per heavy atom. The number of hydrogen-bond acceptors (Lipinski definition) is 3. The van der Waals surface area contributed by atoms with Gasteiger partial charge in [0.15, 0.2) is 11.5 Å². The highest BCUT2D eigenvalue weighted by Gasteiger charge is 2.15. The topological polar surface area (TPSA) is 55.8 Å². The molecule has 3 aromatic rings. The number of para-hydroxylation sites is 1. The van der Waals surface area contributed by atoms with Crippen LogP contribution in [0.2, 0.25) is 0 Å². The van der Waals surface area contributed by atoms with Crippen LogP contribution >= 0.6 is 0 Å². The van der Waals surface area contributed by atoms with E-state index in [0.29, 0.717) is 28.2 Å². The molecule has 0 spiro atoms. The lowest BCUT2D eigenvalue weighted by Gasteiger charge is -2.14. The normalized spacial score (nSPS) is 11.1. The SMILES string of the molecule is COc1cccc(/C=C(\C(=O)O)c2ccccc2)c1OCc1ccccc1F. The Bertz CT molecular complexity index is 996. The third-order valence-electron chi connectivity index (χ3n) is 4.17. The van der Waals surface area contributed by atoms with E-state index in [4.69, 9.17) is 9.47 Å². The van der Waals surface area contributed by atoms with Crippen LogP contribution in [0.5, 0.6) is 11.5 Å². The minimum Gasteiger partial charge on any atom is -0.493 e. The molecule has 0 bridgehead atoms. The lowest BCUT2D eigenvalue weighted by atomic mass is 10.0. The third-order valence-corrected chi connectivity index (χ3v) is 4.17. The predicted molar refractivity (Wildman–Crippen MR) is 106 cm³/mol. The van der Waals surface area contributed by atoms with Gasteiger partial charge in [-0.05, 0) is 23.8 Å². The molecule has 0 aliphatic rings. The Balaban J connectivity index is 2.01. The molecule has 0 aromatic heterocycles. The van der Waals surface area contributed by atoms with Gasteiger partial charge >= 0.3 is 5.97 Å². The van der Waals surface area contributed by atoms with Gasteiger partial charge in [0.25, 0.3) is 0 Å². The molecular formula is C23H19FO4. The fraction of sp³-hybridized carbons (Fsp3) is 0.0870. The van der Waals surface area contributed by atoms with Crippen molar-refractivity contribution < 1.29 is 23.8 Å². The van der Waals surface area contributed by atoms with Crippen LogP contribution in [0.1, 0.15) is 16.7 Å². The molecule has 0 aliphatic carbocycles. The second kappa shape index (κ2) is 8.86. The van der Waals surface area contributed by atoms with Crippen molar-refractivity contribution in [1.82, 2.24) is 0 Å². The molecule has 28 heavy (non-hydrogen) atoms. The molecule has 3 rings (SSSR count). The Morgan fingerprint density at radius 2 is 1.71 bits per heavy atom. The van der Waals surface area contributed by atoms with Crippen molar-refractivity contribution in [3.8, 4) is 11.5 Å². The summed E-state index contributed by atoms with van der Waals surface area (Å²) in [5.41, 5.74) is 1.60. The molecule has 3 aromatic carbocycles. The van der Waals surface area contributed by atoms with E-state index in [2.05, 4.69) is 0 Å². The molecule has 0 atom stereocenters. The van der Waals surface area contributed by atoms with Crippen molar-refractivity contribution in [2.75, 3.05) is 7.11 Å². The molecule has 0 saturated carbocycles. The fourth-order valence-electron chi connectivity index (χ4n) is 2.77. The molecule has 4 nitrogen and oxygen atoms in total. The summed E-state index contributed by atoms with van der Waals surface area (Å²) in [6.07, 6.45) is 1.52. The quantitative estimate of drug-likeness (QED) is 0.462. The van der Waals surface area contributed by atoms with Gasteiger partial charge in [0.1, 0.15) is 12.4 Å². The molecule has 5 heteroatoms. The smallest absolute Gasteiger partial charge is 0.336 e. The Labute approximate surface area is 162 Å². The van der Waals surface area contributed by atoms with E-state index >= 15 is 0 Å². The number of halogens is 1. The highest BCUT2D eigenvalue weighted by Crippen LogP contribution is 2.34. The number of rotatable bonds is 7. The van der Waals surface area contributed by atoms with Gasteiger partial charge in [-0.3, -0.25) is 0 Å². The summed E-state index contributed by atoms with van der Waals surface area (Å²) < 4.78 is 25.1. The standard InChI is InChI=1S/C23H19FO4/c1-27-21-13-7-11-17(14-19(23(25)26)16-8-3-2-4-9-16)22(21)28-15-18-10-5-6-12-20(18)24/h2-14H,15H2,1H3,(H,25,26)/b19-14-. The number of hydrogen-bond donors (Lipinski definition) is 1. The maximum Gasteiger partial charge on any atom is 0.336 e. The van der Waals surface area contributed by atoms with Gasteiger partial charge in [-0.25, -0.2) is 9.18 Å². The first-order valence-electron chi connectivity index (χ1n) is 8.63. The molecule has 0 unspecified atom stereocenters. The van der Waals surface area contributed by atoms with Crippen LogP contribution in [-0.2, 0) is 11.4 Å². The first kappa shape index (κ1) is 19.2. The summed E-state index contributed by atoms with van der Waals surface area (Å²) in [7, 11) is 1.49. The van der Waals surface area contributed by atoms with E-state index in [1.165, 1.54) is 19.3 Å². The van der Waals surface area contributed by atoms with Crippen LogP contribution in [-0.4, -0.2) is 18.2 Å². The first-order chi connectivity index (χ1) is 13.6. The average molecular weight is 378 g/mol. The second-order valence-corrected chi connectivity index (χ2v) is 5.99. The van der Waals surface area contributed by atoms with Gasteiger partial charge in [0.2, 0.25) is 0 Å². The molecule has 0 heterocycles. The van der Waals surface area contributed by atoms with Gasteiger partial charge in [0.05, 0.1) is 12.7 Å². The number of ether oxygens (including phenoxy) is 2. The largest absolute Gasteiger partial charge is 0.493 e. The van der Waals surface area contributed by atoms with Gasteiger partial charge < -0.3 is 14.6 Å². The zero-order valence-electron chi connectivity index (χ0n) is 15.3. The van der Waals surface area contributed by atoms with Crippen LogP contribution in [0.4, 0.5) is 4.39 Å². The zero-order valence-corrected chi connectivity index (χ0v) is 15.3. The lowest BCUT2D eigenvalue weighted by molar-refractivity contribution is -0.130. The lowest BCUT2D eigenvalue weighted by Crippen LogP contribution is -2.03. The van der Waals surface area contributed by atoms with Crippen molar-refractivity contribution in [2.24, 2.45) is 0 Å². The van der Waals surface area contributed by atoms with E-state index < -0.39 is 5.97 Å². The predicted octanol–water partition coefficient (Wildman–Crippen LogP) is 5.04. The number of carboxylic acid groups (broad SMARTS) is 1. The number of carbonyl (C=O) groups is 1. The van der Waals surface area contributed by atoms with Crippen LogP contribution in [0, 0.1) is 5.82 Å². The van der Waals surface area contributed by atoms with E-state index in [1.54, 1.807) is 60.7 Å². The molecule has 142 valence electrons. The van der Waals surface area contributed by atoms with Crippen molar-refractivity contribution in [2.45, 2.75) is 6.61 Å². The summed E-state index contributed by atoms with van der Waals surface area (Å²) in [6.45, 7) is -0.0123. The zero-order chi connectivity index (χ0) is 19.9. The molecule has 0 aliphatic heterocycles. The number of aliphatic carboxylic acids is 1. The maximum absolute atomic E-state index is 13.9. The first-order valence-corrected chi connectivity index (χ1v) is 8.63. The molecule has 0 fully saturated rings. The number of benzene rings is 3. The van der Waals surface area contributed by atoms with Crippen LogP contribution in [0.3, 0.4) is 0 Å². The molecule has 0 saturated heterocycles. The van der Waals surface area contributed by atoms with E-state index in [1.807, 2.05) is 6.07 Å². The van der Waals surface area contributed by atoms with Crippen LogP contribution < -0.4 is 9.47 Å². The van der Waals surface area contributed by atoms with Gasteiger partial charge in [-0.15, -0.1) is 0 Å². The Hall–Kier alpha value is -3.60. The van der Waals surface area contributed by atoms with Crippen LogP contribution in [0.25, 0.3) is 11.6 Å². The minimum atomic E-state index is -1.06. The molecular weight excluding hydrogens is 359 g/mol. The average Bonchev–Trinajstić information content (AvgIpc) is 2.72. The monoisotopic (exact) mass is 378 g/mol. The number of carboxylic acids is 1. The van der Waals surface area contributed by atoms with Gasteiger partial charge in [-0.1, -0.05) is 60.7 Å². The minimum absolute atomic E-state index is 0.0123. The Kier molecular flexibility index (Phi) is 6.07. The highest BCUT2D eigenvalue weighted by atomic mass is 19.1. The van der Waals surface area contributed by atoms with Crippen molar-refractivity contribution in [3.05, 3.63) is 95.3 Å².